The number of esters is 1. The predicted octanol–water partition coefficient (Wildman–Crippen LogP) is 2.52. The van der Waals surface area contributed by atoms with Gasteiger partial charge in [-0.25, -0.2) is 13.2 Å². The topological polar surface area (TPSA) is 114 Å². The lowest BCUT2D eigenvalue weighted by atomic mass is 9.77. The molecule has 1 aliphatic heterocycles. The summed E-state index contributed by atoms with van der Waals surface area (Å²) in [4.78, 5) is 29.4. The number of amidine groups is 1. The number of unbranched alkanes of at least 4 members (excludes halogenated alkanes) is 2. The number of carbonyl (C=O) groups excluding carboxylic acids is 2. The van der Waals surface area contributed by atoms with E-state index >= 15 is 0 Å². The Morgan fingerprint density at radius 3 is 2.61 bits per heavy atom. The third-order valence-electron chi connectivity index (χ3n) is 6.08. The largest absolute Gasteiger partial charge is 0.467 e. The number of fused-ring (bicyclic) bond motifs is 1. The summed E-state index contributed by atoms with van der Waals surface area (Å²) in [7, 11) is -2.16. The maximum Gasteiger partial charge on any atom is 0.331 e. The third-order valence-corrected chi connectivity index (χ3v) is 7.47. The summed E-state index contributed by atoms with van der Waals surface area (Å²) in [6.45, 7) is 2.62. The molecule has 0 radical (unpaired) electrons. The van der Waals surface area contributed by atoms with Gasteiger partial charge >= 0.3 is 5.97 Å². The number of sulfonamides is 1. The van der Waals surface area contributed by atoms with E-state index in [2.05, 4.69) is 22.0 Å². The second kappa shape index (κ2) is 9.80. The Labute approximate surface area is 183 Å². The number of amides is 1. The van der Waals surface area contributed by atoms with Crippen molar-refractivity contribution in [3.63, 3.8) is 0 Å². The minimum absolute atomic E-state index is 0.135. The van der Waals surface area contributed by atoms with Crippen LogP contribution in [-0.2, 0) is 24.3 Å². The quantitative estimate of drug-likeness (QED) is 0.468. The minimum Gasteiger partial charge on any atom is -0.467 e. The predicted molar refractivity (Wildman–Crippen MR) is 117 cm³/mol. The van der Waals surface area contributed by atoms with Crippen LogP contribution in [-0.4, -0.2) is 45.3 Å². The van der Waals surface area contributed by atoms with E-state index in [1.807, 2.05) is 0 Å². The fraction of sp³-hybridized carbons (Fsp3) is 0.591. The first kappa shape index (κ1) is 23.2. The van der Waals surface area contributed by atoms with Gasteiger partial charge in [-0.1, -0.05) is 25.5 Å². The van der Waals surface area contributed by atoms with E-state index in [0.29, 0.717) is 49.5 Å². The second-order valence-electron chi connectivity index (χ2n) is 8.45. The molecule has 0 spiro atoms. The van der Waals surface area contributed by atoms with Crippen LogP contribution in [0.25, 0.3) is 0 Å². The van der Waals surface area contributed by atoms with Crippen molar-refractivity contribution in [3.8, 4) is 0 Å². The van der Waals surface area contributed by atoms with E-state index in [9.17, 15) is 18.0 Å². The molecule has 9 heteroatoms. The maximum atomic E-state index is 12.4. The molecule has 1 aromatic carbocycles. The van der Waals surface area contributed by atoms with Gasteiger partial charge in [-0.15, -0.1) is 0 Å². The molecule has 1 aliphatic carbocycles. The average Bonchev–Trinajstić information content (AvgIpc) is 3.02. The minimum atomic E-state index is -3.52. The summed E-state index contributed by atoms with van der Waals surface area (Å²) in [5, 5.41) is 2.94. The summed E-state index contributed by atoms with van der Waals surface area (Å²) in [5.41, 5.74) is -0.297. The molecule has 8 nitrogen and oxygen atoms in total. The number of aliphatic imine (C=N–C) groups is 1. The van der Waals surface area contributed by atoms with E-state index in [1.165, 1.54) is 7.11 Å². The van der Waals surface area contributed by atoms with Crippen LogP contribution in [0.15, 0.2) is 34.2 Å². The maximum absolute atomic E-state index is 12.4. The van der Waals surface area contributed by atoms with Gasteiger partial charge in [-0.05, 0) is 56.6 Å². The molecule has 1 amide bonds. The standard InChI is InChI=1S/C22H31N3O5S/c1-16-11-13-22(14-12-16,21(27)30-2)24-19(26)10-4-3-7-15-23-20-17-8-5-6-9-18(17)31(28,29)25-20/h5-6,8-9,16H,3-4,7,10-15H2,1-2H3,(H,23,25)(H,24,26). The number of hydrogen-bond donors (Lipinski definition) is 2. The van der Waals surface area contributed by atoms with Gasteiger partial charge in [-0.2, -0.15) is 0 Å². The first-order valence-electron chi connectivity index (χ1n) is 10.8. The van der Waals surface area contributed by atoms with Crippen molar-refractivity contribution in [1.82, 2.24) is 10.0 Å². The lowest BCUT2D eigenvalue weighted by Crippen LogP contribution is -2.56. The van der Waals surface area contributed by atoms with Gasteiger partial charge in [0, 0.05) is 18.5 Å². The first-order valence-corrected chi connectivity index (χ1v) is 12.3. The average molecular weight is 450 g/mol. The molecule has 31 heavy (non-hydrogen) atoms. The molecule has 1 saturated carbocycles. The molecule has 170 valence electrons. The van der Waals surface area contributed by atoms with Crippen molar-refractivity contribution in [3.05, 3.63) is 29.8 Å². The van der Waals surface area contributed by atoms with Gasteiger partial charge in [0.2, 0.25) is 5.91 Å². The molecule has 1 fully saturated rings. The molecule has 1 heterocycles. The number of methoxy groups -OCH3 is 1. The highest BCUT2D eigenvalue weighted by Gasteiger charge is 2.43. The third kappa shape index (κ3) is 5.44. The summed E-state index contributed by atoms with van der Waals surface area (Å²) >= 11 is 0. The molecular weight excluding hydrogens is 418 g/mol. The number of ether oxygens (including phenoxy) is 1. The van der Waals surface area contributed by atoms with Crippen molar-refractivity contribution in [2.24, 2.45) is 10.9 Å². The zero-order valence-corrected chi connectivity index (χ0v) is 19.0. The molecular formula is C22H31N3O5S. The lowest BCUT2D eigenvalue weighted by Gasteiger charge is -2.37. The van der Waals surface area contributed by atoms with Gasteiger partial charge < -0.3 is 10.1 Å². The summed E-state index contributed by atoms with van der Waals surface area (Å²) in [5.74, 6) is 0.430. The summed E-state index contributed by atoms with van der Waals surface area (Å²) < 4.78 is 31.6. The normalized spacial score (nSPS) is 25.5. The second-order valence-corrected chi connectivity index (χ2v) is 10.1. The molecule has 0 aromatic heterocycles. The monoisotopic (exact) mass is 449 g/mol. The Morgan fingerprint density at radius 2 is 1.90 bits per heavy atom. The van der Waals surface area contributed by atoms with Crippen molar-refractivity contribution < 1.29 is 22.7 Å². The number of rotatable bonds is 8. The Morgan fingerprint density at radius 1 is 1.19 bits per heavy atom. The zero-order valence-electron chi connectivity index (χ0n) is 18.1. The molecule has 0 atom stereocenters. The van der Waals surface area contributed by atoms with Crippen molar-refractivity contribution in [1.29, 1.82) is 0 Å². The van der Waals surface area contributed by atoms with Gasteiger partial charge in [0.1, 0.15) is 11.4 Å². The van der Waals surface area contributed by atoms with Crippen LogP contribution in [0.3, 0.4) is 0 Å². The van der Waals surface area contributed by atoms with E-state index in [0.717, 1.165) is 25.7 Å². The highest BCUT2D eigenvalue weighted by atomic mass is 32.2. The number of carbonyl (C=O) groups is 2. The van der Waals surface area contributed by atoms with Crippen molar-refractivity contribution in [2.45, 2.75) is 68.7 Å². The lowest BCUT2D eigenvalue weighted by molar-refractivity contribution is -0.153. The van der Waals surface area contributed by atoms with Gasteiger partial charge in [-0.3, -0.25) is 14.5 Å². The van der Waals surface area contributed by atoms with Crippen LogP contribution in [0, 0.1) is 5.92 Å². The fourth-order valence-electron chi connectivity index (χ4n) is 4.18. The Balaban J connectivity index is 1.43. The van der Waals surface area contributed by atoms with Crippen molar-refractivity contribution in [2.75, 3.05) is 13.7 Å². The van der Waals surface area contributed by atoms with E-state index in [1.54, 1.807) is 24.3 Å². The Hall–Kier alpha value is -2.42. The van der Waals surface area contributed by atoms with Crippen LogP contribution in [0.1, 0.15) is 63.9 Å². The molecule has 2 aliphatic rings. The Kier molecular flexibility index (Phi) is 7.35. The molecule has 2 N–H and O–H groups in total. The number of hydrogen-bond acceptors (Lipinski definition) is 6. The van der Waals surface area contributed by atoms with Crippen LogP contribution in [0.5, 0.6) is 0 Å². The molecule has 1 aromatic rings. The number of nitrogens with zero attached hydrogens (tertiary/aromatic N) is 1. The van der Waals surface area contributed by atoms with Crippen LogP contribution >= 0.6 is 0 Å². The fourth-order valence-corrected chi connectivity index (χ4v) is 5.43. The van der Waals surface area contributed by atoms with Crippen molar-refractivity contribution >= 4 is 27.7 Å². The first-order chi connectivity index (χ1) is 14.8. The Bertz CT molecular complexity index is 950. The van der Waals surface area contributed by atoms with E-state index in [-0.39, 0.29) is 16.8 Å². The molecule has 0 bridgehead atoms. The van der Waals surface area contributed by atoms with Crippen LogP contribution in [0.2, 0.25) is 0 Å². The zero-order chi connectivity index (χ0) is 22.5. The number of nitrogens with one attached hydrogen (secondary N) is 2. The van der Waals surface area contributed by atoms with Gasteiger partial charge in [0.25, 0.3) is 10.0 Å². The highest BCUT2D eigenvalue weighted by molar-refractivity contribution is 7.90. The van der Waals surface area contributed by atoms with Crippen LogP contribution < -0.4 is 10.0 Å². The molecule has 0 saturated heterocycles. The van der Waals surface area contributed by atoms with Gasteiger partial charge in [0.15, 0.2) is 0 Å². The molecule has 3 rings (SSSR count). The van der Waals surface area contributed by atoms with E-state index in [4.69, 9.17) is 4.74 Å². The highest BCUT2D eigenvalue weighted by Crippen LogP contribution is 2.33. The SMILES string of the molecule is COC(=O)C1(NC(=O)CCCCCN=C2NS(=O)(=O)c3ccccc32)CCC(C)CC1. The summed E-state index contributed by atoms with van der Waals surface area (Å²) in [6, 6.07) is 6.76. The van der Waals surface area contributed by atoms with E-state index < -0.39 is 15.6 Å². The van der Waals surface area contributed by atoms with Gasteiger partial charge in [0.05, 0.1) is 12.0 Å². The molecule has 0 unspecified atom stereocenters. The smallest absolute Gasteiger partial charge is 0.331 e. The summed E-state index contributed by atoms with van der Waals surface area (Å²) in [6.07, 6.45) is 5.53. The number of benzene rings is 1. The van der Waals surface area contributed by atoms with Crippen LogP contribution in [0.4, 0.5) is 0 Å².